The molecule has 0 unspecified atom stereocenters. The van der Waals surface area contributed by atoms with E-state index in [-0.39, 0.29) is 5.91 Å². The van der Waals surface area contributed by atoms with Gasteiger partial charge < -0.3 is 24.0 Å². The summed E-state index contributed by atoms with van der Waals surface area (Å²) in [4.78, 5) is 16.6. The van der Waals surface area contributed by atoms with Crippen LogP contribution in [0.1, 0.15) is 5.56 Å². The van der Waals surface area contributed by atoms with Crippen LogP contribution in [0.15, 0.2) is 12.1 Å². The van der Waals surface area contributed by atoms with E-state index in [9.17, 15) is 4.79 Å². The molecule has 0 saturated carbocycles. The van der Waals surface area contributed by atoms with Crippen molar-refractivity contribution >= 4 is 5.91 Å². The molecule has 1 saturated heterocycles. The fourth-order valence-electron chi connectivity index (χ4n) is 2.58. The van der Waals surface area contributed by atoms with Gasteiger partial charge in [0, 0.05) is 26.2 Å². The van der Waals surface area contributed by atoms with Crippen LogP contribution in [0.5, 0.6) is 17.2 Å². The fraction of sp³-hybridized carbons (Fsp3) is 0.562. The van der Waals surface area contributed by atoms with Crippen LogP contribution in [0.4, 0.5) is 0 Å². The second-order valence-corrected chi connectivity index (χ2v) is 5.39. The zero-order chi connectivity index (χ0) is 16.1. The Hall–Kier alpha value is -1.95. The van der Waals surface area contributed by atoms with Gasteiger partial charge in [-0.15, -0.1) is 0 Å². The number of carbonyl (C=O) groups excluding carboxylic acids is 1. The SMILES string of the molecule is COc1cc(CC(=O)N2CCN(C)CC2)cc(OC)c1OC. The minimum Gasteiger partial charge on any atom is -0.493 e. The van der Waals surface area contributed by atoms with Gasteiger partial charge in [-0.25, -0.2) is 0 Å². The number of carbonyl (C=O) groups is 1. The summed E-state index contributed by atoms with van der Waals surface area (Å²) in [6.07, 6.45) is 0.334. The highest BCUT2D eigenvalue weighted by Crippen LogP contribution is 2.38. The van der Waals surface area contributed by atoms with Crippen molar-refractivity contribution in [2.24, 2.45) is 0 Å². The van der Waals surface area contributed by atoms with Crippen LogP contribution < -0.4 is 14.2 Å². The highest BCUT2D eigenvalue weighted by molar-refractivity contribution is 5.79. The van der Waals surface area contributed by atoms with E-state index in [1.165, 1.54) is 0 Å². The van der Waals surface area contributed by atoms with Gasteiger partial charge in [-0.05, 0) is 24.7 Å². The summed E-state index contributed by atoms with van der Waals surface area (Å²) in [5, 5.41) is 0. The Balaban J connectivity index is 2.13. The van der Waals surface area contributed by atoms with Crippen molar-refractivity contribution in [3.05, 3.63) is 17.7 Å². The molecule has 0 atom stereocenters. The summed E-state index contributed by atoms with van der Waals surface area (Å²) in [5.41, 5.74) is 0.860. The van der Waals surface area contributed by atoms with Crippen LogP contribution in [-0.2, 0) is 11.2 Å². The molecule has 1 heterocycles. The summed E-state index contributed by atoms with van der Waals surface area (Å²) < 4.78 is 15.9. The van der Waals surface area contributed by atoms with Crippen molar-refractivity contribution in [3.63, 3.8) is 0 Å². The number of hydrogen-bond donors (Lipinski definition) is 0. The Kier molecular flexibility index (Phi) is 5.49. The molecule has 0 N–H and O–H groups in total. The van der Waals surface area contributed by atoms with Gasteiger partial charge in [0.05, 0.1) is 27.8 Å². The van der Waals surface area contributed by atoms with Gasteiger partial charge in [-0.2, -0.15) is 0 Å². The predicted molar refractivity (Wildman–Crippen MR) is 83.9 cm³/mol. The monoisotopic (exact) mass is 308 g/mol. The average Bonchev–Trinajstić information content (AvgIpc) is 2.54. The first-order valence-corrected chi connectivity index (χ1v) is 7.34. The van der Waals surface area contributed by atoms with E-state index in [2.05, 4.69) is 11.9 Å². The van der Waals surface area contributed by atoms with E-state index >= 15 is 0 Å². The second-order valence-electron chi connectivity index (χ2n) is 5.39. The smallest absolute Gasteiger partial charge is 0.227 e. The highest BCUT2D eigenvalue weighted by atomic mass is 16.5. The molecule has 6 heteroatoms. The highest BCUT2D eigenvalue weighted by Gasteiger charge is 2.21. The average molecular weight is 308 g/mol. The van der Waals surface area contributed by atoms with Gasteiger partial charge in [0.1, 0.15) is 0 Å². The largest absolute Gasteiger partial charge is 0.493 e. The maximum atomic E-state index is 12.4. The quantitative estimate of drug-likeness (QED) is 0.813. The zero-order valence-electron chi connectivity index (χ0n) is 13.7. The summed E-state index contributed by atoms with van der Waals surface area (Å²) in [6, 6.07) is 3.66. The lowest BCUT2D eigenvalue weighted by Gasteiger charge is -2.32. The molecule has 1 aliphatic rings. The number of amides is 1. The van der Waals surface area contributed by atoms with E-state index in [1.807, 2.05) is 17.0 Å². The predicted octanol–water partition coefficient (Wildman–Crippen LogP) is 1.03. The van der Waals surface area contributed by atoms with E-state index < -0.39 is 0 Å². The second kappa shape index (κ2) is 7.35. The van der Waals surface area contributed by atoms with Crippen LogP contribution >= 0.6 is 0 Å². The topological polar surface area (TPSA) is 51.2 Å². The Morgan fingerprint density at radius 2 is 1.55 bits per heavy atom. The first-order chi connectivity index (χ1) is 10.6. The summed E-state index contributed by atoms with van der Waals surface area (Å²) in [7, 11) is 6.78. The molecule has 0 radical (unpaired) electrons. The van der Waals surface area contributed by atoms with Crippen molar-refractivity contribution in [1.82, 2.24) is 9.80 Å². The van der Waals surface area contributed by atoms with E-state index in [0.29, 0.717) is 23.7 Å². The normalized spacial score (nSPS) is 15.5. The Labute approximate surface area is 131 Å². The summed E-state index contributed by atoms with van der Waals surface area (Å²) in [5.74, 6) is 1.81. The van der Waals surface area contributed by atoms with Gasteiger partial charge in [0.25, 0.3) is 0 Å². The third-order valence-electron chi connectivity index (χ3n) is 3.94. The third-order valence-corrected chi connectivity index (χ3v) is 3.94. The van der Waals surface area contributed by atoms with Crippen LogP contribution in [0.2, 0.25) is 0 Å². The lowest BCUT2D eigenvalue weighted by molar-refractivity contribution is -0.132. The number of piperazine rings is 1. The number of methoxy groups -OCH3 is 3. The maximum Gasteiger partial charge on any atom is 0.227 e. The number of hydrogen-bond acceptors (Lipinski definition) is 5. The van der Waals surface area contributed by atoms with Crippen molar-refractivity contribution in [1.29, 1.82) is 0 Å². The van der Waals surface area contributed by atoms with Gasteiger partial charge in [0.2, 0.25) is 11.7 Å². The summed E-state index contributed by atoms with van der Waals surface area (Å²) in [6.45, 7) is 3.39. The van der Waals surface area contributed by atoms with Gasteiger partial charge >= 0.3 is 0 Å². The van der Waals surface area contributed by atoms with E-state index in [4.69, 9.17) is 14.2 Å². The number of ether oxygens (including phenoxy) is 3. The number of likely N-dealkylation sites (N-methyl/N-ethyl adjacent to an activating group) is 1. The zero-order valence-corrected chi connectivity index (χ0v) is 13.7. The number of benzene rings is 1. The fourth-order valence-corrected chi connectivity index (χ4v) is 2.58. The molecule has 6 nitrogen and oxygen atoms in total. The molecule has 1 aliphatic heterocycles. The maximum absolute atomic E-state index is 12.4. The number of rotatable bonds is 5. The minimum atomic E-state index is 0.127. The Morgan fingerprint density at radius 1 is 1.00 bits per heavy atom. The first-order valence-electron chi connectivity index (χ1n) is 7.34. The molecule has 0 spiro atoms. The Morgan fingerprint density at radius 3 is 2.00 bits per heavy atom. The molecular weight excluding hydrogens is 284 g/mol. The molecular formula is C16H24N2O4. The molecule has 0 bridgehead atoms. The van der Waals surface area contributed by atoms with Crippen molar-refractivity contribution < 1.29 is 19.0 Å². The molecule has 1 aromatic rings. The van der Waals surface area contributed by atoms with E-state index in [1.54, 1.807) is 21.3 Å². The van der Waals surface area contributed by atoms with E-state index in [0.717, 1.165) is 31.7 Å². The first kappa shape index (κ1) is 16.4. The van der Waals surface area contributed by atoms with Gasteiger partial charge in [0.15, 0.2) is 11.5 Å². The van der Waals surface area contributed by atoms with Crippen molar-refractivity contribution in [2.75, 3.05) is 54.6 Å². The van der Waals surface area contributed by atoms with Crippen LogP contribution in [0, 0.1) is 0 Å². The van der Waals surface area contributed by atoms with Crippen LogP contribution in [0.3, 0.4) is 0 Å². The van der Waals surface area contributed by atoms with Crippen molar-refractivity contribution in [2.45, 2.75) is 6.42 Å². The number of nitrogens with zero attached hydrogens (tertiary/aromatic N) is 2. The molecule has 1 aromatic carbocycles. The molecule has 22 heavy (non-hydrogen) atoms. The minimum absolute atomic E-state index is 0.127. The van der Waals surface area contributed by atoms with Crippen LogP contribution in [0.25, 0.3) is 0 Å². The lowest BCUT2D eigenvalue weighted by atomic mass is 10.1. The molecule has 0 aromatic heterocycles. The molecule has 2 rings (SSSR count). The molecule has 122 valence electrons. The summed E-state index contributed by atoms with van der Waals surface area (Å²) >= 11 is 0. The lowest BCUT2D eigenvalue weighted by Crippen LogP contribution is -2.47. The van der Waals surface area contributed by atoms with Crippen molar-refractivity contribution in [3.8, 4) is 17.2 Å². The molecule has 1 fully saturated rings. The van der Waals surface area contributed by atoms with Crippen LogP contribution in [-0.4, -0.2) is 70.3 Å². The van der Waals surface area contributed by atoms with Gasteiger partial charge in [-0.1, -0.05) is 0 Å². The van der Waals surface area contributed by atoms with Gasteiger partial charge in [-0.3, -0.25) is 4.79 Å². The molecule has 1 amide bonds. The molecule has 0 aliphatic carbocycles. The third kappa shape index (κ3) is 3.62. The standard InChI is InChI=1S/C16H24N2O4/c1-17-5-7-18(8-6-17)15(19)11-12-9-13(20-2)16(22-4)14(10-12)21-3/h9-10H,5-8,11H2,1-4H3. The Bertz CT molecular complexity index is 500.